The molecule has 0 aliphatic carbocycles. The summed E-state index contributed by atoms with van der Waals surface area (Å²) in [6.07, 6.45) is 1.99. The van der Waals surface area contributed by atoms with Crippen LogP contribution in [0.1, 0.15) is 35.7 Å². The molecule has 1 aliphatic rings. The molecule has 0 radical (unpaired) electrons. The van der Waals surface area contributed by atoms with E-state index < -0.39 is 5.97 Å². The number of nitrogens with one attached hydrogen (secondary N) is 1. The van der Waals surface area contributed by atoms with Crippen LogP contribution in [-0.2, 0) is 11.3 Å². The second-order valence-electron chi connectivity index (χ2n) is 4.89. The van der Waals surface area contributed by atoms with E-state index in [1.54, 1.807) is 0 Å². The van der Waals surface area contributed by atoms with Crippen LogP contribution in [0, 0.1) is 5.82 Å². The maximum atomic E-state index is 13.6. The summed E-state index contributed by atoms with van der Waals surface area (Å²) in [6, 6.07) is 4.15. The summed E-state index contributed by atoms with van der Waals surface area (Å²) in [5.74, 6) is -1.42. The highest BCUT2D eigenvalue weighted by atomic mass is 19.1. The fraction of sp³-hybridized carbons (Fsp3) is 0.500. The van der Waals surface area contributed by atoms with E-state index in [2.05, 4.69) is 5.32 Å². The van der Waals surface area contributed by atoms with Gasteiger partial charge in [-0.05, 0) is 38.0 Å². The first-order valence-electron chi connectivity index (χ1n) is 6.43. The van der Waals surface area contributed by atoms with Gasteiger partial charge in [-0.1, -0.05) is 0 Å². The summed E-state index contributed by atoms with van der Waals surface area (Å²) >= 11 is 0. The monoisotopic (exact) mass is 267 g/mol. The number of hydrogen-bond donors (Lipinski definition) is 2. The number of carbonyl (C=O) groups is 1. The van der Waals surface area contributed by atoms with Crippen molar-refractivity contribution in [2.75, 3.05) is 6.61 Å². The quantitative estimate of drug-likeness (QED) is 0.878. The highest BCUT2D eigenvalue weighted by molar-refractivity contribution is 5.87. The predicted octanol–water partition coefficient (Wildman–Crippen LogP) is 2.18. The minimum atomic E-state index is -1.04. The largest absolute Gasteiger partial charge is 0.478 e. The third-order valence-electron chi connectivity index (χ3n) is 3.36. The molecule has 1 heterocycles. The Morgan fingerprint density at radius 2 is 2.37 bits per heavy atom. The third-order valence-corrected chi connectivity index (χ3v) is 3.36. The van der Waals surface area contributed by atoms with Crippen molar-refractivity contribution in [3.8, 4) is 0 Å². The molecule has 1 aliphatic heterocycles. The molecule has 0 saturated carbocycles. The summed E-state index contributed by atoms with van der Waals surface area (Å²) in [4.78, 5) is 10.9. The highest BCUT2D eigenvalue weighted by Crippen LogP contribution is 2.15. The highest BCUT2D eigenvalue weighted by Gasteiger charge is 2.19. The van der Waals surface area contributed by atoms with E-state index in [1.807, 2.05) is 6.92 Å². The molecule has 2 N–H and O–H groups in total. The van der Waals surface area contributed by atoms with Crippen LogP contribution in [0.15, 0.2) is 18.2 Å². The lowest BCUT2D eigenvalue weighted by molar-refractivity contribution is 0.0130. The lowest BCUT2D eigenvalue weighted by atomic mass is 10.0. The van der Waals surface area contributed by atoms with Gasteiger partial charge in [0.1, 0.15) is 5.82 Å². The fourth-order valence-corrected chi connectivity index (χ4v) is 2.28. The molecule has 5 heteroatoms. The van der Waals surface area contributed by atoms with E-state index in [0.717, 1.165) is 12.8 Å². The first kappa shape index (κ1) is 14.0. The Labute approximate surface area is 111 Å². The fourth-order valence-electron chi connectivity index (χ4n) is 2.28. The number of hydrogen-bond acceptors (Lipinski definition) is 3. The van der Waals surface area contributed by atoms with E-state index >= 15 is 0 Å². The molecule has 2 atom stereocenters. The smallest absolute Gasteiger partial charge is 0.335 e. The lowest BCUT2D eigenvalue weighted by Crippen LogP contribution is -2.37. The Kier molecular flexibility index (Phi) is 4.50. The predicted molar refractivity (Wildman–Crippen MR) is 68.6 cm³/mol. The Morgan fingerprint density at radius 3 is 3.05 bits per heavy atom. The summed E-state index contributed by atoms with van der Waals surface area (Å²) in [7, 11) is 0. The normalized spacial score (nSPS) is 23.3. The molecule has 4 nitrogen and oxygen atoms in total. The van der Waals surface area contributed by atoms with Crippen LogP contribution in [0.2, 0.25) is 0 Å². The van der Waals surface area contributed by atoms with Crippen molar-refractivity contribution in [3.05, 3.63) is 35.1 Å². The van der Waals surface area contributed by atoms with Gasteiger partial charge in [0.25, 0.3) is 0 Å². The Hall–Kier alpha value is -1.46. The molecule has 0 spiro atoms. The number of aromatic carboxylic acids is 1. The molecular formula is C14H18FNO3. The van der Waals surface area contributed by atoms with Gasteiger partial charge in [-0.15, -0.1) is 0 Å². The van der Waals surface area contributed by atoms with E-state index in [0.29, 0.717) is 18.7 Å². The second-order valence-corrected chi connectivity index (χ2v) is 4.89. The molecule has 1 saturated heterocycles. The third kappa shape index (κ3) is 3.75. The van der Waals surface area contributed by atoms with Crippen LogP contribution < -0.4 is 5.32 Å². The molecular weight excluding hydrogens is 249 g/mol. The SMILES string of the molecule is CC1CC(NCc2cc(C(=O)O)ccc2F)CCO1. The zero-order valence-corrected chi connectivity index (χ0v) is 10.9. The molecule has 1 aromatic rings. The van der Waals surface area contributed by atoms with Gasteiger partial charge in [-0.2, -0.15) is 0 Å². The number of ether oxygens (including phenoxy) is 1. The standard InChI is InChI=1S/C14H18FNO3/c1-9-6-12(4-5-19-9)16-8-11-7-10(14(17)18)2-3-13(11)15/h2-3,7,9,12,16H,4-6,8H2,1H3,(H,17,18). The number of carboxylic acid groups (broad SMARTS) is 1. The number of halogens is 1. The molecule has 0 amide bonds. The number of rotatable bonds is 4. The van der Waals surface area contributed by atoms with Crippen molar-refractivity contribution in [2.45, 2.75) is 38.5 Å². The molecule has 0 bridgehead atoms. The number of benzene rings is 1. The molecule has 0 aromatic heterocycles. The van der Waals surface area contributed by atoms with Gasteiger partial charge in [0.05, 0.1) is 11.7 Å². The molecule has 19 heavy (non-hydrogen) atoms. The molecule has 2 unspecified atom stereocenters. The summed E-state index contributed by atoms with van der Waals surface area (Å²) in [6.45, 7) is 3.06. The summed E-state index contributed by atoms with van der Waals surface area (Å²) < 4.78 is 19.0. The topological polar surface area (TPSA) is 58.6 Å². The minimum Gasteiger partial charge on any atom is -0.478 e. The van der Waals surface area contributed by atoms with Gasteiger partial charge in [0.2, 0.25) is 0 Å². The van der Waals surface area contributed by atoms with Gasteiger partial charge < -0.3 is 15.2 Å². The van der Waals surface area contributed by atoms with Gasteiger partial charge in [-0.3, -0.25) is 0 Å². The molecule has 1 fully saturated rings. The van der Waals surface area contributed by atoms with E-state index in [1.165, 1.54) is 18.2 Å². The Balaban J connectivity index is 1.98. The van der Waals surface area contributed by atoms with Crippen molar-refractivity contribution < 1.29 is 19.0 Å². The van der Waals surface area contributed by atoms with Gasteiger partial charge in [0, 0.05) is 24.8 Å². The van der Waals surface area contributed by atoms with Crippen LogP contribution in [0.25, 0.3) is 0 Å². The second kappa shape index (κ2) is 6.12. The van der Waals surface area contributed by atoms with Crippen LogP contribution in [0.4, 0.5) is 4.39 Å². The zero-order valence-electron chi connectivity index (χ0n) is 10.9. The Bertz CT molecular complexity index is 464. The molecule has 104 valence electrons. The van der Waals surface area contributed by atoms with Gasteiger partial charge in [0.15, 0.2) is 0 Å². The van der Waals surface area contributed by atoms with Crippen LogP contribution in [-0.4, -0.2) is 29.8 Å². The summed E-state index contributed by atoms with van der Waals surface area (Å²) in [5, 5.41) is 12.2. The maximum absolute atomic E-state index is 13.6. The van der Waals surface area contributed by atoms with Crippen LogP contribution in [0.3, 0.4) is 0 Å². The first-order chi connectivity index (χ1) is 9.06. The van der Waals surface area contributed by atoms with E-state index in [4.69, 9.17) is 9.84 Å². The molecule has 1 aromatic carbocycles. The maximum Gasteiger partial charge on any atom is 0.335 e. The molecule has 2 rings (SSSR count). The van der Waals surface area contributed by atoms with Gasteiger partial charge >= 0.3 is 5.97 Å². The van der Waals surface area contributed by atoms with Crippen molar-refractivity contribution in [1.82, 2.24) is 5.32 Å². The minimum absolute atomic E-state index is 0.110. The van der Waals surface area contributed by atoms with Crippen molar-refractivity contribution in [1.29, 1.82) is 0 Å². The van der Waals surface area contributed by atoms with Crippen LogP contribution >= 0.6 is 0 Å². The average Bonchev–Trinajstić information content (AvgIpc) is 2.37. The number of carboxylic acids is 1. The summed E-state index contributed by atoms with van der Waals surface area (Å²) in [5.41, 5.74) is 0.498. The van der Waals surface area contributed by atoms with E-state index in [-0.39, 0.29) is 23.5 Å². The average molecular weight is 267 g/mol. The van der Waals surface area contributed by atoms with Crippen molar-refractivity contribution >= 4 is 5.97 Å². The first-order valence-corrected chi connectivity index (χ1v) is 6.43. The van der Waals surface area contributed by atoms with Gasteiger partial charge in [-0.25, -0.2) is 9.18 Å². The van der Waals surface area contributed by atoms with Crippen LogP contribution in [0.5, 0.6) is 0 Å². The Morgan fingerprint density at radius 1 is 1.58 bits per heavy atom. The van der Waals surface area contributed by atoms with Crippen molar-refractivity contribution in [2.24, 2.45) is 0 Å². The zero-order chi connectivity index (χ0) is 13.8. The lowest BCUT2D eigenvalue weighted by Gasteiger charge is -2.28. The van der Waals surface area contributed by atoms with Crippen molar-refractivity contribution in [3.63, 3.8) is 0 Å². The van der Waals surface area contributed by atoms with E-state index in [9.17, 15) is 9.18 Å².